The Morgan fingerprint density at radius 3 is 2.41 bits per heavy atom. The summed E-state index contributed by atoms with van der Waals surface area (Å²) in [7, 11) is -3.65. The van der Waals surface area contributed by atoms with Crippen LogP contribution in [0.2, 0.25) is 0 Å². The van der Waals surface area contributed by atoms with Crippen LogP contribution >= 0.6 is 0 Å². The Hall–Kier alpha value is -2.63. The van der Waals surface area contributed by atoms with E-state index in [1.807, 2.05) is 38.7 Å². The second-order valence-electron chi connectivity index (χ2n) is 9.44. The number of aromatic nitrogens is 2. The van der Waals surface area contributed by atoms with E-state index in [0.717, 1.165) is 5.56 Å². The maximum atomic E-state index is 13.1. The van der Waals surface area contributed by atoms with Crippen molar-refractivity contribution < 1.29 is 13.2 Å². The van der Waals surface area contributed by atoms with Crippen molar-refractivity contribution in [2.24, 2.45) is 11.8 Å². The number of morpholine rings is 1. The number of nitrogens with two attached hydrogens (primary N) is 1. The zero-order chi connectivity index (χ0) is 25.0. The number of nitrogens with one attached hydrogen (secondary N) is 1. The van der Waals surface area contributed by atoms with Crippen LogP contribution in [0, 0.1) is 11.8 Å². The summed E-state index contributed by atoms with van der Waals surface area (Å²) < 4.78 is 34.3. The van der Waals surface area contributed by atoms with Gasteiger partial charge in [-0.1, -0.05) is 39.8 Å². The lowest BCUT2D eigenvalue weighted by Crippen LogP contribution is -2.41. The minimum absolute atomic E-state index is 0.111. The minimum Gasteiger partial charge on any atom is -0.383 e. The molecule has 2 heterocycles. The number of sulfonamides is 1. The molecule has 11 heteroatoms. The number of hydrogen-bond donors (Lipinski definition) is 2. The van der Waals surface area contributed by atoms with Gasteiger partial charge in [0.1, 0.15) is 11.5 Å². The number of aromatic amines is 1. The number of H-pyrrole nitrogens is 1. The van der Waals surface area contributed by atoms with Crippen molar-refractivity contribution in [3.8, 4) is 0 Å². The Kier molecular flexibility index (Phi) is 8.21. The van der Waals surface area contributed by atoms with Crippen molar-refractivity contribution in [2.45, 2.75) is 45.7 Å². The first-order valence-corrected chi connectivity index (χ1v) is 13.0. The van der Waals surface area contributed by atoms with Crippen molar-refractivity contribution in [2.75, 3.05) is 43.5 Å². The molecule has 0 bridgehead atoms. The molecule has 2 aromatic rings. The molecule has 0 unspecified atom stereocenters. The molecular formula is C23H35N5O5S. The van der Waals surface area contributed by atoms with E-state index in [1.54, 1.807) is 18.2 Å². The topological polar surface area (TPSA) is 131 Å². The van der Waals surface area contributed by atoms with Gasteiger partial charge in [0.2, 0.25) is 10.0 Å². The molecule has 0 aliphatic carbocycles. The third-order valence-corrected chi connectivity index (χ3v) is 7.44. The van der Waals surface area contributed by atoms with Gasteiger partial charge in [0.05, 0.1) is 18.1 Å². The number of nitrogens with zero attached hydrogens (tertiary/aromatic N) is 3. The molecule has 0 atom stereocenters. The van der Waals surface area contributed by atoms with Gasteiger partial charge in [0.15, 0.2) is 0 Å². The number of benzene rings is 1. The predicted molar refractivity (Wildman–Crippen MR) is 132 cm³/mol. The maximum Gasteiger partial charge on any atom is 0.330 e. The molecule has 188 valence electrons. The number of rotatable bonds is 9. The normalized spacial score (nSPS) is 15.2. The molecule has 0 spiro atoms. The summed E-state index contributed by atoms with van der Waals surface area (Å²) in [6.07, 6.45) is 0. The van der Waals surface area contributed by atoms with E-state index in [0.29, 0.717) is 39.4 Å². The lowest BCUT2D eigenvalue weighted by Gasteiger charge is -2.29. The van der Waals surface area contributed by atoms with Gasteiger partial charge in [0.25, 0.3) is 5.56 Å². The van der Waals surface area contributed by atoms with E-state index in [-0.39, 0.29) is 34.8 Å². The Labute approximate surface area is 200 Å². The van der Waals surface area contributed by atoms with Crippen LogP contribution in [0.15, 0.2) is 38.8 Å². The molecule has 1 fully saturated rings. The lowest BCUT2D eigenvalue weighted by molar-refractivity contribution is 0.0730. The Balaban J connectivity index is 2.00. The quantitative estimate of drug-likeness (QED) is 0.541. The van der Waals surface area contributed by atoms with E-state index in [9.17, 15) is 18.0 Å². The van der Waals surface area contributed by atoms with Gasteiger partial charge in [-0.2, -0.15) is 4.31 Å². The largest absolute Gasteiger partial charge is 0.383 e. The fourth-order valence-corrected chi connectivity index (χ4v) is 5.54. The Morgan fingerprint density at radius 2 is 1.79 bits per heavy atom. The van der Waals surface area contributed by atoms with Gasteiger partial charge in [-0.05, 0) is 29.5 Å². The van der Waals surface area contributed by atoms with Crippen molar-refractivity contribution in [3.05, 3.63) is 50.7 Å². The number of anilines is 2. The summed E-state index contributed by atoms with van der Waals surface area (Å²) in [5, 5.41) is 0. The van der Waals surface area contributed by atoms with E-state index in [1.165, 1.54) is 8.87 Å². The van der Waals surface area contributed by atoms with Crippen LogP contribution in [0.4, 0.5) is 11.5 Å². The zero-order valence-corrected chi connectivity index (χ0v) is 21.1. The fraction of sp³-hybridized carbons (Fsp3) is 0.565. The van der Waals surface area contributed by atoms with Gasteiger partial charge < -0.3 is 15.4 Å². The fourth-order valence-electron chi connectivity index (χ4n) is 4.07. The summed E-state index contributed by atoms with van der Waals surface area (Å²) in [5.74, 6) is 0.448. The van der Waals surface area contributed by atoms with Crippen LogP contribution in [0.5, 0.6) is 0 Å². The molecule has 0 radical (unpaired) electrons. The molecule has 1 saturated heterocycles. The molecule has 1 aromatic carbocycles. The lowest BCUT2D eigenvalue weighted by atomic mass is 10.1. The van der Waals surface area contributed by atoms with Crippen LogP contribution in [0.1, 0.15) is 33.3 Å². The zero-order valence-electron chi connectivity index (χ0n) is 20.3. The molecule has 1 aliphatic rings. The first kappa shape index (κ1) is 26.0. The van der Waals surface area contributed by atoms with Crippen molar-refractivity contribution in [1.29, 1.82) is 0 Å². The second kappa shape index (κ2) is 10.7. The van der Waals surface area contributed by atoms with Gasteiger partial charge >= 0.3 is 5.69 Å². The minimum atomic E-state index is -3.65. The number of ether oxygens (including phenoxy) is 1. The average molecular weight is 494 g/mol. The summed E-state index contributed by atoms with van der Waals surface area (Å²) >= 11 is 0. The standard InChI is InChI=1S/C23H35N5O5S/c1-16(2)13-26(20-21(24)28(14-17(3)4)23(30)25-22(20)29)15-18-6-5-7-19(12-18)34(31,32)27-8-10-33-11-9-27/h5-7,12,16-17H,8-11,13-15,24H2,1-4H3,(H,25,29,30). The van der Waals surface area contributed by atoms with E-state index in [4.69, 9.17) is 10.5 Å². The van der Waals surface area contributed by atoms with E-state index < -0.39 is 21.3 Å². The summed E-state index contributed by atoms with van der Waals surface area (Å²) in [4.78, 5) is 29.6. The van der Waals surface area contributed by atoms with Crippen molar-refractivity contribution >= 4 is 21.5 Å². The van der Waals surface area contributed by atoms with Crippen molar-refractivity contribution in [1.82, 2.24) is 13.9 Å². The van der Waals surface area contributed by atoms with Crippen LogP contribution in [-0.2, 0) is 27.8 Å². The highest BCUT2D eigenvalue weighted by Gasteiger charge is 2.27. The third-order valence-electron chi connectivity index (χ3n) is 5.54. The average Bonchev–Trinajstić information content (AvgIpc) is 2.76. The molecule has 1 aromatic heterocycles. The summed E-state index contributed by atoms with van der Waals surface area (Å²) in [6, 6.07) is 6.72. The van der Waals surface area contributed by atoms with Crippen LogP contribution in [0.3, 0.4) is 0 Å². The predicted octanol–water partition coefficient (Wildman–Crippen LogP) is 1.46. The second-order valence-corrected chi connectivity index (χ2v) is 11.4. The number of nitrogen functional groups attached to an aromatic ring is 1. The van der Waals surface area contributed by atoms with Gasteiger partial charge in [-0.3, -0.25) is 14.3 Å². The van der Waals surface area contributed by atoms with Crippen LogP contribution in [-0.4, -0.2) is 55.1 Å². The highest BCUT2D eigenvalue weighted by atomic mass is 32.2. The van der Waals surface area contributed by atoms with E-state index >= 15 is 0 Å². The van der Waals surface area contributed by atoms with Crippen molar-refractivity contribution in [3.63, 3.8) is 0 Å². The van der Waals surface area contributed by atoms with Crippen LogP contribution in [0.25, 0.3) is 0 Å². The van der Waals surface area contributed by atoms with Gasteiger partial charge in [0, 0.05) is 32.7 Å². The Morgan fingerprint density at radius 1 is 1.12 bits per heavy atom. The first-order chi connectivity index (χ1) is 16.0. The maximum absolute atomic E-state index is 13.1. The first-order valence-electron chi connectivity index (χ1n) is 11.5. The molecule has 3 N–H and O–H groups in total. The monoisotopic (exact) mass is 493 g/mol. The molecular weight excluding hydrogens is 458 g/mol. The summed E-state index contributed by atoms with van der Waals surface area (Å²) in [6.45, 7) is 10.4. The highest BCUT2D eigenvalue weighted by Crippen LogP contribution is 2.24. The highest BCUT2D eigenvalue weighted by molar-refractivity contribution is 7.89. The molecule has 1 aliphatic heterocycles. The SMILES string of the molecule is CC(C)CN(Cc1cccc(S(=O)(=O)N2CCOCC2)c1)c1c(N)n(CC(C)C)c(=O)[nH]c1=O. The summed E-state index contributed by atoms with van der Waals surface area (Å²) in [5.41, 5.74) is 6.19. The smallest absolute Gasteiger partial charge is 0.330 e. The molecule has 0 saturated carbocycles. The molecule has 34 heavy (non-hydrogen) atoms. The van der Waals surface area contributed by atoms with Gasteiger partial charge in [-0.15, -0.1) is 0 Å². The van der Waals surface area contributed by atoms with E-state index in [2.05, 4.69) is 4.98 Å². The molecule has 10 nitrogen and oxygen atoms in total. The van der Waals surface area contributed by atoms with Gasteiger partial charge in [-0.25, -0.2) is 13.2 Å². The molecule has 0 amide bonds. The molecule has 3 rings (SSSR count). The van der Waals surface area contributed by atoms with Crippen LogP contribution < -0.4 is 21.9 Å². The third kappa shape index (κ3) is 5.89. The Bertz CT molecular complexity index is 1210. The number of hydrogen-bond acceptors (Lipinski definition) is 7.